The highest BCUT2D eigenvalue weighted by Gasteiger charge is 2.30. The van der Waals surface area contributed by atoms with Gasteiger partial charge in [-0.25, -0.2) is 0 Å². The van der Waals surface area contributed by atoms with Crippen molar-refractivity contribution in [1.29, 1.82) is 0 Å². The van der Waals surface area contributed by atoms with Gasteiger partial charge < -0.3 is 9.47 Å². The molecule has 0 saturated heterocycles. The molecule has 0 aromatic heterocycles. The van der Waals surface area contributed by atoms with E-state index in [-0.39, 0.29) is 0 Å². The van der Waals surface area contributed by atoms with Gasteiger partial charge >= 0.3 is 0 Å². The van der Waals surface area contributed by atoms with E-state index in [0.717, 1.165) is 0 Å². The Labute approximate surface area is 132 Å². The van der Waals surface area contributed by atoms with Crippen molar-refractivity contribution < 1.29 is 9.47 Å². The van der Waals surface area contributed by atoms with Gasteiger partial charge in [0.25, 0.3) is 0 Å². The van der Waals surface area contributed by atoms with Crippen molar-refractivity contribution >= 4 is 5.57 Å². The van der Waals surface area contributed by atoms with E-state index in [4.69, 9.17) is 9.47 Å². The molecule has 2 nitrogen and oxygen atoms in total. The summed E-state index contributed by atoms with van der Waals surface area (Å²) in [7, 11) is 3.52. The van der Waals surface area contributed by atoms with Crippen LogP contribution in [0.15, 0.2) is 54.1 Å². The zero-order chi connectivity index (χ0) is 15.5. The SMILES string of the molecule is COCC1=C(C)C(COC)c2cccc(-c3ccccc3)c21. The van der Waals surface area contributed by atoms with Crippen LogP contribution in [0.1, 0.15) is 24.0 Å². The van der Waals surface area contributed by atoms with Crippen LogP contribution in [0, 0.1) is 0 Å². The van der Waals surface area contributed by atoms with Crippen LogP contribution in [0.2, 0.25) is 0 Å². The molecule has 0 fully saturated rings. The molecular formula is C20H22O2. The van der Waals surface area contributed by atoms with Crippen LogP contribution < -0.4 is 0 Å². The van der Waals surface area contributed by atoms with Crippen molar-refractivity contribution in [3.8, 4) is 11.1 Å². The first-order valence-corrected chi connectivity index (χ1v) is 7.64. The lowest BCUT2D eigenvalue weighted by atomic mass is 9.92. The third-order valence-corrected chi connectivity index (χ3v) is 4.48. The smallest absolute Gasteiger partial charge is 0.0718 e. The van der Waals surface area contributed by atoms with Crippen molar-refractivity contribution in [2.45, 2.75) is 12.8 Å². The summed E-state index contributed by atoms with van der Waals surface area (Å²) in [4.78, 5) is 0. The summed E-state index contributed by atoms with van der Waals surface area (Å²) in [6.45, 7) is 3.56. The van der Waals surface area contributed by atoms with E-state index in [1.807, 2.05) is 0 Å². The highest BCUT2D eigenvalue weighted by molar-refractivity contribution is 5.89. The quantitative estimate of drug-likeness (QED) is 0.807. The number of hydrogen-bond donors (Lipinski definition) is 0. The fourth-order valence-corrected chi connectivity index (χ4v) is 3.41. The second-order valence-electron chi connectivity index (χ2n) is 5.74. The molecule has 1 unspecified atom stereocenters. The van der Waals surface area contributed by atoms with Gasteiger partial charge in [0.1, 0.15) is 0 Å². The molecule has 2 aromatic carbocycles. The molecule has 114 valence electrons. The van der Waals surface area contributed by atoms with E-state index in [2.05, 4.69) is 55.5 Å². The Morgan fingerprint density at radius 3 is 2.36 bits per heavy atom. The summed E-state index contributed by atoms with van der Waals surface area (Å²) in [5, 5.41) is 0. The summed E-state index contributed by atoms with van der Waals surface area (Å²) in [6, 6.07) is 17.1. The largest absolute Gasteiger partial charge is 0.384 e. The fraction of sp³-hybridized carbons (Fsp3) is 0.300. The predicted molar refractivity (Wildman–Crippen MR) is 91.0 cm³/mol. The van der Waals surface area contributed by atoms with Crippen LogP contribution in [0.25, 0.3) is 16.7 Å². The number of hydrogen-bond acceptors (Lipinski definition) is 2. The third kappa shape index (κ3) is 2.49. The molecular weight excluding hydrogens is 272 g/mol. The molecule has 2 heteroatoms. The van der Waals surface area contributed by atoms with Crippen LogP contribution in [0.5, 0.6) is 0 Å². The molecule has 0 N–H and O–H groups in total. The first-order chi connectivity index (χ1) is 10.8. The Morgan fingerprint density at radius 1 is 0.909 bits per heavy atom. The monoisotopic (exact) mass is 294 g/mol. The highest BCUT2D eigenvalue weighted by Crippen LogP contribution is 2.46. The molecule has 2 aromatic rings. The molecule has 0 heterocycles. The second-order valence-corrected chi connectivity index (χ2v) is 5.74. The first kappa shape index (κ1) is 15.0. The van der Waals surface area contributed by atoms with Crippen molar-refractivity contribution in [3.05, 3.63) is 65.2 Å². The number of ether oxygens (including phenoxy) is 2. The van der Waals surface area contributed by atoms with E-state index < -0.39 is 0 Å². The van der Waals surface area contributed by atoms with Crippen LogP contribution >= 0.6 is 0 Å². The molecule has 3 rings (SSSR count). The summed E-state index contributed by atoms with van der Waals surface area (Å²) < 4.78 is 10.9. The summed E-state index contributed by atoms with van der Waals surface area (Å²) in [6.07, 6.45) is 0. The van der Waals surface area contributed by atoms with Gasteiger partial charge in [-0.3, -0.25) is 0 Å². The van der Waals surface area contributed by atoms with Crippen LogP contribution in [0.3, 0.4) is 0 Å². The average Bonchev–Trinajstić information content (AvgIpc) is 2.82. The molecule has 0 spiro atoms. The molecule has 0 bridgehead atoms. The maximum atomic E-state index is 5.47. The van der Waals surface area contributed by atoms with E-state index in [1.165, 1.54) is 33.4 Å². The average molecular weight is 294 g/mol. The summed E-state index contributed by atoms with van der Waals surface area (Å²) in [5.74, 6) is 0.328. The van der Waals surface area contributed by atoms with Crippen LogP contribution in [-0.2, 0) is 9.47 Å². The molecule has 0 radical (unpaired) electrons. The van der Waals surface area contributed by atoms with Crippen molar-refractivity contribution in [1.82, 2.24) is 0 Å². The van der Waals surface area contributed by atoms with Gasteiger partial charge in [-0.2, -0.15) is 0 Å². The van der Waals surface area contributed by atoms with Crippen molar-refractivity contribution in [2.24, 2.45) is 0 Å². The minimum Gasteiger partial charge on any atom is -0.384 e. The maximum absolute atomic E-state index is 5.47. The normalized spacial score (nSPS) is 17.0. The number of benzene rings is 2. The fourth-order valence-electron chi connectivity index (χ4n) is 3.41. The lowest BCUT2D eigenvalue weighted by molar-refractivity contribution is 0.189. The van der Waals surface area contributed by atoms with Gasteiger partial charge in [0, 0.05) is 20.1 Å². The second kappa shape index (κ2) is 6.47. The topological polar surface area (TPSA) is 18.5 Å². The number of fused-ring (bicyclic) bond motifs is 1. The van der Waals surface area contributed by atoms with Gasteiger partial charge in [0.15, 0.2) is 0 Å². The molecule has 1 atom stereocenters. The predicted octanol–water partition coefficient (Wildman–Crippen LogP) is 4.52. The van der Waals surface area contributed by atoms with Gasteiger partial charge in [0.05, 0.1) is 13.2 Å². The van der Waals surface area contributed by atoms with Crippen molar-refractivity contribution in [2.75, 3.05) is 27.4 Å². The number of rotatable bonds is 5. The van der Waals surface area contributed by atoms with Crippen LogP contribution in [0.4, 0.5) is 0 Å². The molecule has 0 aliphatic heterocycles. The van der Waals surface area contributed by atoms with Gasteiger partial charge in [-0.1, -0.05) is 54.1 Å². The summed E-state index contributed by atoms with van der Waals surface area (Å²) in [5.41, 5.74) is 7.88. The Morgan fingerprint density at radius 2 is 1.68 bits per heavy atom. The van der Waals surface area contributed by atoms with Gasteiger partial charge in [0.2, 0.25) is 0 Å². The van der Waals surface area contributed by atoms with E-state index in [0.29, 0.717) is 19.1 Å². The lowest BCUT2D eigenvalue weighted by Crippen LogP contribution is -2.05. The minimum absolute atomic E-state index is 0.328. The summed E-state index contributed by atoms with van der Waals surface area (Å²) >= 11 is 0. The molecule has 22 heavy (non-hydrogen) atoms. The third-order valence-electron chi connectivity index (χ3n) is 4.48. The van der Waals surface area contributed by atoms with Crippen LogP contribution in [-0.4, -0.2) is 27.4 Å². The Hall–Kier alpha value is -1.90. The van der Waals surface area contributed by atoms with E-state index in [9.17, 15) is 0 Å². The highest BCUT2D eigenvalue weighted by atomic mass is 16.5. The minimum atomic E-state index is 0.328. The molecule has 1 aliphatic carbocycles. The lowest BCUT2D eigenvalue weighted by Gasteiger charge is -2.15. The van der Waals surface area contributed by atoms with Gasteiger partial charge in [-0.15, -0.1) is 0 Å². The Kier molecular flexibility index (Phi) is 4.41. The number of methoxy groups -OCH3 is 2. The zero-order valence-electron chi connectivity index (χ0n) is 13.4. The first-order valence-electron chi connectivity index (χ1n) is 7.64. The maximum Gasteiger partial charge on any atom is 0.0718 e. The molecule has 1 aliphatic rings. The Balaban J connectivity index is 2.19. The molecule has 0 amide bonds. The van der Waals surface area contributed by atoms with E-state index >= 15 is 0 Å². The van der Waals surface area contributed by atoms with E-state index in [1.54, 1.807) is 14.2 Å². The molecule has 0 saturated carbocycles. The Bertz CT molecular complexity index is 686. The van der Waals surface area contributed by atoms with Crippen molar-refractivity contribution in [3.63, 3.8) is 0 Å². The standard InChI is InChI=1S/C20H22O2/c1-14-18(12-21-2)17-11-7-10-16(15-8-5-4-6-9-15)20(17)19(14)13-22-3/h4-11,18H,12-13H2,1-3H3. The van der Waals surface area contributed by atoms with Gasteiger partial charge in [-0.05, 0) is 34.8 Å². The zero-order valence-corrected chi connectivity index (χ0v) is 13.4.